The molecule has 20 heavy (non-hydrogen) atoms. The number of aryl methyl sites for hydroxylation is 2. The Morgan fingerprint density at radius 1 is 1.20 bits per heavy atom. The highest BCUT2D eigenvalue weighted by Gasteiger charge is 2.36. The number of amides is 1. The average molecular weight is 271 g/mol. The van der Waals surface area contributed by atoms with Gasteiger partial charge in [-0.3, -0.25) is 14.5 Å². The minimum Gasteiger partial charge on any atom is -0.423 e. The predicted molar refractivity (Wildman–Crippen MR) is 70.4 cm³/mol. The Hall–Kier alpha value is -2.50. The number of benzene rings is 1. The molecule has 0 saturated carbocycles. The fourth-order valence-corrected chi connectivity index (χ4v) is 2.20. The van der Waals surface area contributed by atoms with Gasteiger partial charge >= 0.3 is 0 Å². The summed E-state index contributed by atoms with van der Waals surface area (Å²) in [5, 5.41) is 7.73. The third-order valence-electron chi connectivity index (χ3n) is 3.23. The first-order valence-corrected chi connectivity index (χ1v) is 6.38. The molecule has 0 bridgehead atoms. The summed E-state index contributed by atoms with van der Waals surface area (Å²) in [5.74, 6) is -0.195. The number of Topliss-reactive ketones (excluding diaryl/α,β-unsaturated/α-hetero) is 1. The normalized spacial score (nSPS) is 14.0. The molecule has 0 unspecified atom stereocenters. The second-order valence-electron chi connectivity index (χ2n) is 4.68. The highest BCUT2D eigenvalue weighted by Crippen LogP contribution is 2.30. The zero-order valence-corrected chi connectivity index (χ0v) is 11.2. The van der Waals surface area contributed by atoms with E-state index in [1.165, 1.54) is 4.90 Å². The van der Waals surface area contributed by atoms with Crippen LogP contribution in [-0.4, -0.2) is 21.9 Å². The van der Waals surface area contributed by atoms with Gasteiger partial charge in [0.05, 0.1) is 11.3 Å². The summed E-state index contributed by atoms with van der Waals surface area (Å²) in [6.45, 7) is 3.90. The largest absolute Gasteiger partial charge is 0.423 e. The van der Waals surface area contributed by atoms with Crippen molar-refractivity contribution in [2.45, 2.75) is 26.8 Å². The zero-order chi connectivity index (χ0) is 14.3. The van der Waals surface area contributed by atoms with Crippen LogP contribution in [0, 0.1) is 6.92 Å². The van der Waals surface area contributed by atoms with Gasteiger partial charge < -0.3 is 4.42 Å². The topological polar surface area (TPSA) is 76.3 Å². The maximum Gasteiger partial charge on any atom is 0.299 e. The summed E-state index contributed by atoms with van der Waals surface area (Å²) in [7, 11) is 0. The van der Waals surface area contributed by atoms with Crippen molar-refractivity contribution in [3.05, 3.63) is 41.1 Å². The molecular weight excluding hydrogens is 258 g/mol. The maximum atomic E-state index is 12.0. The number of hydrogen-bond acceptors (Lipinski definition) is 5. The number of nitrogens with zero attached hydrogens (tertiary/aromatic N) is 3. The molecule has 0 fully saturated rings. The predicted octanol–water partition coefficient (Wildman–Crippen LogP) is 1.67. The molecule has 0 radical (unpaired) electrons. The van der Waals surface area contributed by atoms with Gasteiger partial charge in [-0.05, 0) is 19.1 Å². The minimum atomic E-state index is -0.554. The highest BCUT2D eigenvalue weighted by atomic mass is 16.4. The Balaban J connectivity index is 1.95. The van der Waals surface area contributed by atoms with Gasteiger partial charge in [-0.1, -0.05) is 18.6 Å². The van der Waals surface area contributed by atoms with Crippen LogP contribution in [0.5, 0.6) is 0 Å². The Labute approximate surface area is 115 Å². The quantitative estimate of drug-likeness (QED) is 0.794. The zero-order valence-electron chi connectivity index (χ0n) is 11.2. The van der Waals surface area contributed by atoms with Crippen molar-refractivity contribution in [3.63, 3.8) is 0 Å². The van der Waals surface area contributed by atoms with Crippen LogP contribution < -0.4 is 4.90 Å². The van der Waals surface area contributed by atoms with Crippen LogP contribution in [0.1, 0.15) is 34.6 Å². The lowest BCUT2D eigenvalue weighted by Crippen LogP contribution is -2.29. The van der Waals surface area contributed by atoms with Gasteiger partial charge in [0.15, 0.2) is 0 Å². The fraction of sp³-hybridized carbons (Fsp3) is 0.286. The SMILES string of the molecule is CCc1nnc(CN2C(=O)C(=O)c3cc(C)ccc32)o1. The number of anilines is 1. The van der Waals surface area contributed by atoms with E-state index < -0.39 is 11.7 Å². The van der Waals surface area contributed by atoms with Crippen LogP contribution in [-0.2, 0) is 17.8 Å². The van der Waals surface area contributed by atoms with Crippen LogP contribution in [0.15, 0.2) is 22.6 Å². The number of hydrogen-bond donors (Lipinski definition) is 0. The summed E-state index contributed by atoms with van der Waals surface area (Å²) in [5.41, 5.74) is 1.98. The second-order valence-corrected chi connectivity index (χ2v) is 4.68. The van der Waals surface area contributed by atoms with Gasteiger partial charge in [-0.15, -0.1) is 10.2 Å². The lowest BCUT2D eigenvalue weighted by Gasteiger charge is -2.13. The average Bonchev–Trinajstić information content (AvgIpc) is 2.99. The fourth-order valence-electron chi connectivity index (χ4n) is 2.20. The van der Waals surface area contributed by atoms with E-state index >= 15 is 0 Å². The molecule has 0 saturated heterocycles. The van der Waals surface area contributed by atoms with Crippen LogP contribution in [0.4, 0.5) is 5.69 Å². The van der Waals surface area contributed by atoms with E-state index in [4.69, 9.17) is 4.42 Å². The van der Waals surface area contributed by atoms with Crippen molar-refractivity contribution in [1.29, 1.82) is 0 Å². The summed E-state index contributed by atoms with van der Waals surface area (Å²) >= 11 is 0. The molecule has 1 aromatic carbocycles. The van der Waals surface area contributed by atoms with E-state index in [0.717, 1.165) is 5.56 Å². The van der Waals surface area contributed by atoms with Crippen molar-refractivity contribution in [2.75, 3.05) is 4.90 Å². The molecule has 1 aliphatic heterocycles. The number of rotatable bonds is 3. The monoisotopic (exact) mass is 271 g/mol. The number of carbonyl (C=O) groups is 2. The van der Waals surface area contributed by atoms with Crippen molar-refractivity contribution in [3.8, 4) is 0 Å². The first-order chi connectivity index (χ1) is 9.60. The Morgan fingerprint density at radius 3 is 2.65 bits per heavy atom. The van der Waals surface area contributed by atoms with Gasteiger partial charge in [-0.25, -0.2) is 0 Å². The molecule has 6 heteroatoms. The van der Waals surface area contributed by atoms with Gasteiger partial charge in [0, 0.05) is 6.42 Å². The van der Waals surface area contributed by atoms with Crippen LogP contribution >= 0.6 is 0 Å². The first-order valence-electron chi connectivity index (χ1n) is 6.38. The number of aromatic nitrogens is 2. The molecule has 2 heterocycles. The van der Waals surface area contributed by atoms with E-state index in [9.17, 15) is 9.59 Å². The molecule has 3 rings (SSSR count). The first kappa shape index (κ1) is 12.5. The van der Waals surface area contributed by atoms with E-state index in [1.807, 2.05) is 19.9 Å². The third-order valence-corrected chi connectivity index (χ3v) is 3.23. The molecule has 102 valence electrons. The van der Waals surface area contributed by atoms with Crippen LogP contribution in [0.2, 0.25) is 0 Å². The highest BCUT2D eigenvalue weighted by molar-refractivity contribution is 6.52. The van der Waals surface area contributed by atoms with Gasteiger partial charge in [0.25, 0.3) is 11.7 Å². The Morgan fingerprint density at radius 2 is 1.95 bits per heavy atom. The molecular formula is C14H13N3O3. The van der Waals surface area contributed by atoms with Gasteiger partial charge in [0.1, 0.15) is 6.54 Å². The third kappa shape index (κ3) is 1.89. The maximum absolute atomic E-state index is 12.0. The lowest BCUT2D eigenvalue weighted by molar-refractivity contribution is -0.114. The second kappa shape index (κ2) is 4.56. The van der Waals surface area contributed by atoms with E-state index in [0.29, 0.717) is 29.5 Å². The van der Waals surface area contributed by atoms with Crippen LogP contribution in [0.25, 0.3) is 0 Å². The Bertz CT molecular complexity index is 705. The molecule has 1 amide bonds. The van der Waals surface area contributed by atoms with Gasteiger partial charge in [-0.2, -0.15) is 0 Å². The Kier molecular flexibility index (Phi) is 2.85. The van der Waals surface area contributed by atoms with E-state index in [-0.39, 0.29) is 6.54 Å². The van der Waals surface area contributed by atoms with E-state index in [1.54, 1.807) is 12.1 Å². The smallest absolute Gasteiger partial charge is 0.299 e. The number of ketones is 1. The van der Waals surface area contributed by atoms with Crippen molar-refractivity contribution in [1.82, 2.24) is 10.2 Å². The van der Waals surface area contributed by atoms with E-state index in [2.05, 4.69) is 10.2 Å². The standard InChI is InChI=1S/C14H13N3O3/c1-3-11-15-16-12(20-11)7-17-10-5-4-8(2)6-9(10)13(18)14(17)19/h4-6H,3,7H2,1-2H3. The summed E-state index contributed by atoms with van der Waals surface area (Å²) in [4.78, 5) is 25.4. The number of fused-ring (bicyclic) bond motifs is 1. The van der Waals surface area contributed by atoms with Crippen molar-refractivity contribution < 1.29 is 14.0 Å². The van der Waals surface area contributed by atoms with Crippen molar-refractivity contribution in [2.24, 2.45) is 0 Å². The van der Waals surface area contributed by atoms with Crippen molar-refractivity contribution >= 4 is 17.4 Å². The van der Waals surface area contributed by atoms with Crippen LogP contribution in [0.3, 0.4) is 0 Å². The summed E-state index contributed by atoms with van der Waals surface area (Å²) < 4.78 is 5.39. The molecule has 1 aromatic heterocycles. The lowest BCUT2D eigenvalue weighted by atomic mass is 10.1. The minimum absolute atomic E-state index is 0.119. The molecule has 6 nitrogen and oxygen atoms in total. The molecule has 2 aromatic rings. The molecule has 0 spiro atoms. The molecule has 1 aliphatic rings. The molecule has 0 N–H and O–H groups in total. The molecule has 0 aliphatic carbocycles. The molecule has 0 atom stereocenters. The summed E-state index contributed by atoms with van der Waals surface area (Å²) in [6.07, 6.45) is 0.635. The van der Waals surface area contributed by atoms with Gasteiger partial charge in [0.2, 0.25) is 11.8 Å². The number of carbonyl (C=O) groups excluding carboxylic acids is 2. The summed E-state index contributed by atoms with van der Waals surface area (Å²) in [6, 6.07) is 5.36.